The lowest BCUT2D eigenvalue weighted by Gasteiger charge is -2.31. The van der Waals surface area contributed by atoms with Crippen LogP contribution in [-0.4, -0.2) is 56.6 Å². The van der Waals surface area contributed by atoms with Gasteiger partial charge >= 0.3 is 6.36 Å². The third kappa shape index (κ3) is 9.99. The van der Waals surface area contributed by atoms with Crippen molar-refractivity contribution in [2.75, 3.05) is 28.6 Å². The number of ether oxygens (including phenoxy) is 1. The van der Waals surface area contributed by atoms with Gasteiger partial charge in [0.05, 0.1) is 12.8 Å². The molecule has 0 unspecified atom stereocenters. The van der Waals surface area contributed by atoms with Crippen molar-refractivity contribution in [1.82, 2.24) is 25.4 Å². The molecule has 1 aliphatic rings. The number of amides is 2. The molecule has 2 amide bonds. The van der Waals surface area contributed by atoms with Crippen molar-refractivity contribution in [1.29, 1.82) is 0 Å². The topological polar surface area (TPSA) is 135 Å². The molecule has 234 valence electrons. The molecule has 5 rings (SSSR count). The highest BCUT2D eigenvalue weighted by atomic mass is 35.5. The molecule has 3 aromatic heterocycles. The second-order valence-corrected chi connectivity index (χ2v) is 10.5. The molecule has 0 radical (unpaired) electrons. The van der Waals surface area contributed by atoms with E-state index in [1.807, 2.05) is 6.07 Å². The van der Waals surface area contributed by atoms with Gasteiger partial charge in [0, 0.05) is 30.9 Å². The highest BCUT2D eigenvalue weighted by Crippen LogP contribution is 2.33. The molecule has 0 saturated carbocycles. The van der Waals surface area contributed by atoms with Gasteiger partial charge in [-0.2, -0.15) is 0 Å². The van der Waals surface area contributed by atoms with Crippen LogP contribution in [0.4, 0.5) is 29.9 Å². The van der Waals surface area contributed by atoms with E-state index in [9.17, 15) is 22.8 Å². The van der Waals surface area contributed by atoms with Crippen LogP contribution in [0.5, 0.6) is 5.75 Å². The fourth-order valence-electron chi connectivity index (χ4n) is 4.42. The second-order valence-electron chi connectivity index (χ2n) is 9.45. The van der Waals surface area contributed by atoms with Crippen LogP contribution in [0.1, 0.15) is 35.0 Å². The number of aromatic nitrogens is 5. The summed E-state index contributed by atoms with van der Waals surface area (Å²) in [4.78, 5) is 30.9. The quantitative estimate of drug-likeness (QED) is 0.246. The molecular formula is C27H27Cl2F3N8O3S. The molecule has 17 heteroatoms. The van der Waals surface area contributed by atoms with Crippen LogP contribution in [0.25, 0.3) is 0 Å². The third-order valence-electron chi connectivity index (χ3n) is 6.34. The Morgan fingerprint density at radius 2 is 1.68 bits per heavy atom. The largest absolute Gasteiger partial charge is 0.573 e. The lowest BCUT2D eigenvalue weighted by Crippen LogP contribution is -2.33. The molecule has 2 N–H and O–H groups in total. The van der Waals surface area contributed by atoms with Crippen LogP contribution in [0.3, 0.4) is 0 Å². The van der Waals surface area contributed by atoms with Gasteiger partial charge in [-0.15, -0.1) is 58.4 Å². The van der Waals surface area contributed by atoms with Gasteiger partial charge in [-0.05, 0) is 54.8 Å². The van der Waals surface area contributed by atoms with Crippen LogP contribution < -0.4 is 20.3 Å². The Bertz CT molecular complexity index is 1520. The number of anilines is 3. The molecule has 1 fully saturated rings. The van der Waals surface area contributed by atoms with Gasteiger partial charge in [0.25, 0.3) is 0 Å². The van der Waals surface area contributed by atoms with Crippen LogP contribution in [0.15, 0.2) is 60.8 Å². The number of halogens is 5. The zero-order valence-corrected chi connectivity index (χ0v) is 25.3. The highest BCUT2D eigenvalue weighted by molar-refractivity contribution is 7.15. The van der Waals surface area contributed by atoms with Crippen LogP contribution in [-0.2, 0) is 22.4 Å². The maximum atomic E-state index is 12.4. The molecule has 0 bridgehead atoms. The molecule has 44 heavy (non-hydrogen) atoms. The predicted octanol–water partition coefficient (Wildman–Crippen LogP) is 5.21. The van der Waals surface area contributed by atoms with Crippen molar-refractivity contribution < 1.29 is 27.5 Å². The fraction of sp³-hybridized carbons (Fsp3) is 0.296. The number of benzene rings is 1. The van der Waals surface area contributed by atoms with Gasteiger partial charge in [-0.1, -0.05) is 29.5 Å². The standard InChI is InChI=1S/C27H25F3N8O3S.2ClH/c28-27(29,30)41-20-6-3-4-17(14-20)15-23(39)32-21-7-8-22(35-34-21)38-12-9-18(10-13-38)25-36-37-26(42-25)33-24(40)16-19-5-1-2-11-31-19;;/h1-8,11,14,18H,9-10,12-13,15-16H2,(H,32,34,39)(H,33,37,40);2*1H. The second kappa shape index (κ2) is 15.6. The Balaban J connectivity index is 0.00000264. The Morgan fingerprint density at radius 1 is 0.909 bits per heavy atom. The third-order valence-corrected chi connectivity index (χ3v) is 7.34. The molecule has 0 aliphatic carbocycles. The normalized spacial score (nSPS) is 13.3. The molecule has 1 aliphatic heterocycles. The Hall–Kier alpha value is -4.08. The smallest absolute Gasteiger partial charge is 0.406 e. The lowest BCUT2D eigenvalue weighted by atomic mass is 9.98. The van der Waals surface area contributed by atoms with Gasteiger partial charge < -0.3 is 20.3 Å². The minimum Gasteiger partial charge on any atom is -0.406 e. The summed E-state index contributed by atoms with van der Waals surface area (Å²) in [5, 5.41) is 23.4. The van der Waals surface area contributed by atoms with Crippen molar-refractivity contribution >= 4 is 64.7 Å². The van der Waals surface area contributed by atoms with Crippen LogP contribution >= 0.6 is 36.2 Å². The molecule has 11 nitrogen and oxygen atoms in total. The van der Waals surface area contributed by atoms with E-state index in [0.29, 0.717) is 35.3 Å². The first-order chi connectivity index (χ1) is 20.2. The van der Waals surface area contributed by atoms with Gasteiger partial charge in [0.15, 0.2) is 11.6 Å². The van der Waals surface area contributed by atoms with E-state index in [-0.39, 0.29) is 55.3 Å². The van der Waals surface area contributed by atoms with E-state index in [1.165, 1.54) is 29.5 Å². The summed E-state index contributed by atoms with van der Waals surface area (Å²) in [5.41, 5.74) is 1.03. The average molecular weight is 672 g/mol. The first-order valence-electron chi connectivity index (χ1n) is 13.0. The summed E-state index contributed by atoms with van der Waals surface area (Å²) in [6.45, 7) is 1.42. The van der Waals surface area contributed by atoms with Gasteiger partial charge in [0.2, 0.25) is 16.9 Å². The number of carbonyl (C=O) groups excluding carboxylic acids is 2. The Kier molecular flexibility index (Phi) is 12.2. The average Bonchev–Trinajstić information content (AvgIpc) is 3.41. The maximum absolute atomic E-state index is 12.4. The van der Waals surface area contributed by atoms with Gasteiger partial charge in [-0.3, -0.25) is 14.6 Å². The zero-order valence-electron chi connectivity index (χ0n) is 22.9. The Labute approximate surface area is 266 Å². The first-order valence-corrected chi connectivity index (χ1v) is 13.8. The minimum absolute atomic E-state index is 0. The van der Waals surface area contributed by atoms with E-state index in [0.717, 1.165) is 23.9 Å². The summed E-state index contributed by atoms with van der Waals surface area (Å²) < 4.78 is 41.2. The first kappa shape index (κ1) is 34.4. The van der Waals surface area contributed by atoms with Crippen molar-refractivity contribution in [3.05, 3.63) is 77.1 Å². The molecule has 1 saturated heterocycles. The van der Waals surface area contributed by atoms with Gasteiger partial charge in [-0.25, -0.2) is 0 Å². The molecule has 1 aromatic carbocycles. The van der Waals surface area contributed by atoms with Crippen molar-refractivity contribution in [2.45, 2.75) is 38.0 Å². The number of pyridine rings is 1. The lowest BCUT2D eigenvalue weighted by molar-refractivity contribution is -0.274. The summed E-state index contributed by atoms with van der Waals surface area (Å²) in [6, 6.07) is 14.0. The SMILES string of the molecule is Cl.Cl.O=C(Cc1cccc(OC(F)(F)F)c1)Nc1ccc(N2CCC(c3nnc(NC(=O)Cc4ccccn4)s3)CC2)nn1. The minimum atomic E-state index is -4.81. The Morgan fingerprint density at radius 3 is 2.36 bits per heavy atom. The number of hydrogen-bond donors (Lipinski definition) is 2. The van der Waals surface area contributed by atoms with E-state index >= 15 is 0 Å². The summed E-state index contributed by atoms with van der Waals surface area (Å²) in [5.74, 6) is 0.0407. The highest BCUT2D eigenvalue weighted by Gasteiger charge is 2.31. The molecule has 0 spiro atoms. The molecule has 4 aromatic rings. The monoisotopic (exact) mass is 670 g/mol. The van der Waals surface area contributed by atoms with E-state index in [4.69, 9.17) is 0 Å². The summed E-state index contributed by atoms with van der Waals surface area (Å²) in [7, 11) is 0. The van der Waals surface area contributed by atoms with Crippen molar-refractivity contribution in [2.24, 2.45) is 0 Å². The number of rotatable bonds is 9. The fourth-order valence-corrected chi connectivity index (χ4v) is 5.35. The van der Waals surface area contributed by atoms with E-state index < -0.39 is 18.0 Å². The van der Waals surface area contributed by atoms with Crippen molar-refractivity contribution in [3.63, 3.8) is 0 Å². The van der Waals surface area contributed by atoms with E-state index in [2.05, 4.69) is 45.6 Å². The van der Waals surface area contributed by atoms with E-state index in [1.54, 1.807) is 30.5 Å². The van der Waals surface area contributed by atoms with Gasteiger partial charge in [0.1, 0.15) is 10.8 Å². The van der Waals surface area contributed by atoms with Crippen LogP contribution in [0, 0.1) is 0 Å². The van der Waals surface area contributed by atoms with Crippen molar-refractivity contribution in [3.8, 4) is 5.75 Å². The molecule has 4 heterocycles. The van der Waals surface area contributed by atoms with Crippen LogP contribution in [0.2, 0.25) is 0 Å². The maximum Gasteiger partial charge on any atom is 0.573 e. The predicted molar refractivity (Wildman–Crippen MR) is 163 cm³/mol. The summed E-state index contributed by atoms with van der Waals surface area (Å²) >= 11 is 1.37. The summed E-state index contributed by atoms with van der Waals surface area (Å²) in [6.07, 6.45) is -1.54. The zero-order chi connectivity index (χ0) is 29.5. The number of nitrogens with zero attached hydrogens (tertiary/aromatic N) is 6. The molecule has 0 atom stereocenters. The number of nitrogens with one attached hydrogen (secondary N) is 2. The number of carbonyl (C=O) groups is 2. The number of alkyl halides is 3. The molecular weight excluding hydrogens is 644 g/mol. The number of piperidine rings is 1. The number of hydrogen-bond acceptors (Lipinski definition) is 10.